The van der Waals surface area contributed by atoms with Gasteiger partial charge in [0.1, 0.15) is 12.4 Å². The molecular weight excluding hydrogens is 268 g/mol. The number of benzene rings is 1. The van der Waals surface area contributed by atoms with Crippen molar-refractivity contribution in [1.82, 2.24) is 15.0 Å². The Morgan fingerprint density at radius 3 is 2.90 bits per heavy atom. The lowest BCUT2D eigenvalue weighted by atomic mass is 10.1. The lowest BCUT2D eigenvalue weighted by Crippen LogP contribution is -2.11. The number of carbonyl (C=O) groups excluding carboxylic acids is 1. The van der Waals surface area contributed by atoms with Gasteiger partial charge in [-0.05, 0) is 25.5 Å². The average molecular weight is 288 g/mol. The maximum atomic E-state index is 11.5. The minimum Gasteiger partial charge on any atom is -0.491 e. The van der Waals surface area contributed by atoms with Crippen LogP contribution in [-0.4, -0.2) is 27.4 Å². The molecule has 6 heteroatoms. The van der Waals surface area contributed by atoms with Crippen molar-refractivity contribution < 1.29 is 9.53 Å². The fraction of sp³-hybridized carbons (Fsp3) is 0.400. The molecule has 1 aromatic heterocycles. The second kappa shape index (κ2) is 6.99. The second-order valence-corrected chi connectivity index (χ2v) is 4.82. The van der Waals surface area contributed by atoms with Crippen LogP contribution in [0.25, 0.3) is 0 Å². The van der Waals surface area contributed by atoms with Crippen LogP contribution >= 0.6 is 0 Å². The fourth-order valence-corrected chi connectivity index (χ4v) is 1.93. The van der Waals surface area contributed by atoms with Gasteiger partial charge in [-0.15, -0.1) is 5.10 Å². The van der Waals surface area contributed by atoms with Gasteiger partial charge in [0, 0.05) is 0 Å². The topological polar surface area (TPSA) is 83.0 Å². The smallest absolute Gasteiger partial charge is 0.163 e. The molecule has 112 valence electrons. The van der Waals surface area contributed by atoms with E-state index in [4.69, 9.17) is 10.5 Å². The molecule has 0 bridgehead atoms. The number of ether oxygens (including phenoxy) is 1. The molecule has 2 aromatic rings. The molecule has 1 aromatic carbocycles. The molecule has 2 rings (SSSR count). The molecule has 0 spiro atoms. The summed E-state index contributed by atoms with van der Waals surface area (Å²) in [6, 6.07) is 7.12. The normalized spacial score (nSPS) is 12.1. The van der Waals surface area contributed by atoms with E-state index in [1.807, 2.05) is 25.3 Å². The van der Waals surface area contributed by atoms with Crippen LogP contribution in [0.2, 0.25) is 0 Å². The zero-order valence-corrected chi connectivity index (χ0v) is 12.3. The minimum atomic E-state index is -0.0851. The van der Waals surface area contributed by atoms with Gasteiger partial charge in [0.25, 0.3) is 0 Å². The Labute approximate surface area is 123 Å². The van der Waals surface area contributed by atoms with Gasteiger partial charge in [0.05, 0.1) is 30.0 Å². The molecule has 1 unspecified atom stereocenters. The fourth-order valence-electron chi connectivity index (χ4n) is 1.93. The Morgan fingerprint density at radius 1 is 1.43 bits per heavy atom. The monoisotopic (exact) mass is 288 g/mol. The van der Waals surface area contributed by atoms with Crippen molar-refractivity contribution in [3.05, 3.63) is 41.7 Å². The van der Waals surface area contributed by atoms with Crippen LogP contribution in [0.5, 0.6) is 5.75 Å². The molecule has 2 N–H and O–H groups in total. The minimum absolute atomic E-state index is 0.0115. The number of para-hydroxylation sites is 1. The van der Waals surface area contributed by atoms with Gasteiger partial charge in [0.2, 0.25) is 0 Å². The highest BCUT2D eigenvalue weighted by atomic mass is 16.5. The summed E-state index contributed by atoms with van der Waals surface area (Å²) >= 11 is 0. The van der Waals surface area contributed by atoms with Crippen molar-refractivity contribution in [2.75, 3.05) is 6.61 Å². The number of hydrogen-bond donors (Lipinski definition) is 1. The third kappa shape index (κ3) is 3.88. The average Bonchev–Trinajstić information content (AvgIpc) is 2.95. The van der Waals surface area contributed by atoms with Gasteiger partial charge >= 0.3 is 0 Å². The summed E-state index contributed by atoms with van der Waals surface area (Å²) in [7, 11) is 0. The largest absolute Gasteiger partial charge is 0.491 e. The third-order valence-corrected chi connectivity index (χ3v) is 3.22. The summed E-state index contributed by atoms with van der Waals surface area (Å²) in [6.07, 6.45) is 2.65. The van der Waals surface area contributed by atoms with Crippen LogP contribution in [-0.2, 0) is 6.54 Å². The van der Waals surface area contributed by atoms with Crippen LogP contribution in [0, 0.1) is 0 Å². The summed E-state index contributed by atoms with van der Waals surface area (Å²) in [6.45, 7) is 4.49. The highest BCUT2D eigenvalue weighted by Crippen LogP contribution is 2.18. The molecule has 0 aliphatic heterocycles. The first-order valence-electron chi connectivity index (χ1n) is 7.00. The summed E-state index contributed by atoms with van der Waals surface area (Å²) in [4.78, 5) is 11.5. The predicted octanol–water partition coefficient (Wildman–Crippen LogP) is 1.97. The first-order chi connectivity index (χ1) is 10.1. The Balaban J connectivity index is 1.93. The Bertz CT molecular complexity index is 609. The highest BCUT2D eigenvalue weighted by molar-refractivity contribution is 5.96. The van der Waals surface area contributed by atoms with E-state index in [2.05, 4.69) is 10.3 Å². The number of carbonyl (C=O) groups is 1. The SMILES string of the molecule is CCC(N)c1cn(CCOc2ccccc2C(C)=O)nn1. The van der Waals surface area contributed by atoms with Crippen LogP contribution in [0.1, 0.15) is 42.4 Å². The Morgan fingerprint density at radius 2 is 2.19 bits per heavy atom. The molecule has 0 saturated carbocycles. The van der Waals surface area contributed by atoms with E-state index in [0.717, 1.165) is 12.1 Å². The van der Waals surface area contributed by atoms with Crippen LogP contribution < -0.4 is 10.5 Å². The number of ketones is 1. The second-order valence-electron chi connectivity index (χ2n) is 4.82. The van der Waals surface area contributed by atoms with Gasteiger partial charge in [-0.3, -0.25) is 4.79 Å². The van der Waals surface area contributed by atoms with E-state index in [0.29, 0.717) is 24.5 Å². The molecule has 0 aliphatic rings. The molecule has 6 nitrogen and oxygen atoms in total. The quantitative estimate of drug-likeness (QED) is 0.787. The zero-order valence-electron chi connectivity index (χ0n) is 12.3. The van der Waals surface area contributed by atoms with E-state index in [9.17, 15) is 4.79 Å². The van der Waals surface area contributed by atoms with Crippen LogP contribution in [0.4, 0.5) is 0 Å². The van der Waals surface area contributed by atoms with E-state index < -0.39 is 0 Å². The molecule has 0 aliphatic carbocycles. The van der Waals surface area contributed by atoms with Crippen LogP contribution in [0.15, 0.2) is 30.5 Å². The highest BCUT2D eigenvalue weighted by Gasteiger charge is 2.09. The zero-order chi connectivity index (χ0) is 15.2. The van der Waals surface area contributed by atoms with Gasteiger partial charge in [0.15, 0.2) is 5.78 Å². The number of hydrogen-bond acceptors (Lipinski definition) is 5. The van der Waals surface area contributed by atoms with E-state index in [-0.39, 0.29) is 11.8 Å². The molecule has 1 atom stereocenters. The van der Waals surface area contributed by atoms with Gasteiger partial charge in [-0.2, -0.15) is 0 Å². The molecule has 1 heterocycles. The summed E-state index contributed by atoms with van der Waals surface area (Å²) in [5, 5.41) is 8.05. The first-order valence-corrected chi connectivity index (χ1v) is 7.00. The summed E-state index contributed by atoms with van der Waals surface area (Å²) in [5.41, 5.74) is 7.26. The van der Waals surface area contributed by atoms with Crippen molar-refractivity contribution in [3.8, 4) is 5.75 Å². The van der Waals surface area contributed by atoms with Gasteiger partial charge in [-0.1, -0.05) is 24.3 Å². The molecule has 0 saturated heterocycles. The Hall–Kier alpha value is -2.21. The number of Topliss-reactive ketones (excluding diaryl/α,β-unsaturated/α-hetero) is 1. The molecule has 0 amide bonds. The molecule has 21 heavy (non-hydrogen) atoms. The lowest BCUT2D eigenvalue weighted by Gasteiger charge is -2.09. The van der Waals surface area contributed by atoms with Crippen molar-refractivity contribution in [3.63, 3.8) is 0 Å². The molecule has 0 radical (unpaired) electrons. The number of aromatic nitrogens is 3. The Kier molecular flexibility index (Phi) is 5.05. The maximum Gasteiger partial charge on any atom is 0.163 e. The van der Waals surface area contributed by atoms with Gasteiger partial charge < -0.3 is 10.5 Å². The third-order valence-electron chi connectivity index (χ3n) is 3.22. The van der Waals surface area contributed by atoms with Crippen molar-refractivity contribution in [2.24, 2.45) is 5.73 Å². The predicted molar refractivity (Wildman–Crippen MR) is 79.2 cm³/mol. The van der Waals surface area contributed by atoms with Crippen LogP contribution in [0.3, 0.4) is 0 Å². The van der Waals surface area contributed by atoms with E-state index >= 15 is 0 Å². The maximum absolute atomic E-state index is 11.5. The summed E-state index contributed by atoms with van der Waals surface area (Å²) < 4.78 is 7.35. The molecule has 0 fully saturated rings. The molecular formula is C15H20N4O2. The number of rotatable bonds is 7. The van der Waals surface area contributed by atoms with Crippen molar-refractivity contribution >= 4 is 5.78 Å². The standard InChI is InChI=1S/C15H20N4O2/c1-3-13(16)14-10-19(18-17-14)8-9-21-15-7-5-4-6-12(15)11(2)20/h4-7,10,13H,3,8-9,16H2,1-2H3. The van der Waals surface area contributed by atoms with E-state index in [1.54, 1.807) is 16.8 Å². The summed E-state index contributed by atoms with van der Waals surface area (Å²) in [5.74, 6) is 0.582. The van der Waals surface area contributed by atoms with Crippen molar-refractivity contribution in [1.29, 1.82) is 0 Å². The van der Waals surface area contributed by atoms with E-state index in [1.165, 1.54) is 6.92 Å². The van der Waals surface area contributed by atoms with Crippen molar-refractivity contribution in [2.45, 2.75) is 32.9 Å². The number of nitrogens with two attached hydrogens (primary N) is 1. The first kappa shape index (κ1) is 15.2. The number of nitrogens with zero attached hydrogens (tertiary/aromatic N) is 3. The lowest BCUT2D eigenvalue weighted by molar-refractivity contribution is 0.101. The van der Waals surface area contributed by atoms with Gasteiger partial charge in [-0.25, -0.2) is 4.68 Å².